The van der Waals surface area contributed by atoms with E-state index >= 15 is 0 Å². The van der Waals surface area contributed by atoms with Gasteiger partial charge in [-0.05, 0) is 35.7 Å². The Balaban J connectivity index is 1.39. The lowest BCUT2D eigenvalue weighted by atomic mass is 10.0. The summed E-state index contributed by atoms with van der Waals surface area (Å²) in [6.45, 7) is 5.11. The molecule has 2 aromatic carbocycles. The number of hydrogen-bond acceptors (Lipinski definition) is 7. The largest absolute Gasteiger partial charge is 0.486 e. The number of nitrogens with zero attached hydrogens (tertiary/aromatic N) is 4. The molecule has 6 rings (SSSR count). The van der Waals surface area contributed by atoms with Gasteiger partial charge in [-0.3, -0.25) is 14.5 Å². The van der Waals surface area contributed by atoms with Crippen LogP contribution in [0.5, 0.6) is 11.5 Å². The van der Waals surface area contributed by atoms with Crippen LogP contribution in [0, 0.1) is 0 Å². The van der Waals surface area contributed by atoms with Gasteiger partial charge < -0.3 is 14.8 Å². The van der Waals surface area contributed by atoms with Crippen LogP contribution >= 0.6 is 0 Å². The van der Waals surface area contributed by atoms with Crippen LogP contribution in [0.4, 0.5) is 5.95 Å². The van der Waals surface area contributed by atoms with Crippen LogP contribution in [-0.4, -0.2) is 44.0 Å². The van der Waals surface area contributed by atoms with E-state index in [1.807, 2.05) is 42.5 Å². The van der Waals surface area contributed by atoms with E-state index in [4.69, 9.17) is 14.5 Å². The van der Waals surface area contributed by atoms with Gasteiger partial charge in [-0.15, -0.1) is 0 Å². The van der Waals surface area contributed by atoms with Gasteiger partial charge in [-0.25, -0.2) is 4.98 Å². The minimum Gasteiger partial charge on any atom is -0.486 e. The SMILES string of the molecule is CC(C)c1cccc(-n2c(=O)c3cn[nH]c3c3cnc(NCC4COc5ccccc5O4)nc32)c1. The number of hydrogen-bond donors (Lipinski definition) is 2. The van der Waals surface area contributed by atoms with Gasteiger partial charge >= 0.3 is 0 Å². The van der Waals surface area contributed by atoms with E-state index in [1.54, 1.807) is 17.0 Å². The first-order valence-electron chi connectivity index (χ1n) is 11.6. The maximum Gasteiger partial charge on any atom is 0.267 e. The lowest BCUT2D eigenvalue weighted by Crippen LogP contribution is -2.35. The molecule has 0 spiro atoms. The van der Waals surface area contributed by atoms with Crippen molar-refractivity contribution in [1.29, 1.82) is 0 Å². The zero-order valence-corrected chi connectivity index (χ0v) is 19.4. The molecule has 0 radical (unpaired) electrons. The van der Waals surface area contributed by atoms with Crippen LogP contribution in [0.15, 0.2) is 65.7 Å². The summed E-state index contributed by atoms with van der Waals surface area (Å²) in [6.07, 6.45) is 3.05. The summed E-state index contributed by atoms with van der Waals surface area (Å²) in [5.41, 5.74) is 2.81. The zero-order chi connectivity index (χ0) is 23.9. The Morgan fingerprint density at radius 2 is 1.97 bits per heavy atom. The van der Waals surface area contributed by atoms with Crippen LogP contribution in [0.1, 0.15) is 25.3 Å². The molecule has 0 saturated carbocycles. The lowest BCUT2D eigenvalue weighted by Gasteiger charge is -2.26. The highest BCUT2D eigenvalue weighted by atomic mass is 16.6. The Morgan fingerprint density at radius 3 is 2.83 bits per heavy atom. The van der Waals surface area contributed by atoms with Gasteiger partial charge in [0.25, 0.3) is 5.56 Å². The predicted octanol–water partition coefficient (Wildman–Crippen LogP) is 4.03. The van der Waals surface area contributed by atoms with Gasteiger partial charge in [0, 0.05) is 6.20 Å². The van der Waals surface area contributed by atoms with Crippen molar-refractivity contribution in [1.82, 2.24) is 24.7 Å². The first-order valence-corrected chi connectivity index (χ1v) is 11.6. The fraction of sp³-hybridized carbons (Fsp3) is 0.231. The third-order valence-corrected chi connectivity index (χ3v) is 6.17. The van der Waals surface area contributed by atoms with Crippen molar-refractivity contribution in [3.8, 4) is 17.2 Å². The average Bonchev–Trinajstić information content (AvgIpc) is 3.38. The van der Waals surface area contributed by atoms with Crippen molar-refractivity contribution < 1.29 is 9.47 Å². The van der Waals surface area contributed by atoms with Crippen LogP contribution in [0.25, 0.3) is 27.6 Å². The molecular formula is C26H24N6O3. The van der Waals surface area contributed by atoms with E-state index < -0.39 is 0 Å². The summed E-state index contributed by atoms with van der Waals surface area (Å²) in [4.78, 5) is 22.7. The second-order valence-electron chi connectivity index (χ2n) is 8.86. The number of aromatic nitrogens is 5. The van der Waals surface area contributed by atoms with Gasteiger partial charge in [0.05, 0.1) is 34.7 Å². The van der Waals surface area contributed by atoms with E-state index in [0.717, 1.165) is 17.0 Å². The van der Waals surface area contributed by atoms with Gasteiger partial charge in [-0.1, -0.05) is 38.1 Å². The smallest absolute Gasteiger partial charge is 0.267 e. The Labute approximate surface area is 200 Å². The molecule has 9 heteroatoms. The molecule has 0 amide bonds. The van der Waals surface area contributed by atoms with Gasteiger partial charge in [0.2, 0.25) is 5.95 Å². The molecular weight excluding hydrogens is 444 g/mol. The predicted molar refractivity (Wildman–Crippen MR) is 134 cm³/mol. The van der Waals surface area contributed by atoms with Gasteiger partial charge in [0.1, 0.15) is 12.7 Å². The number of fused-ring (bicyclic) bond motifs is 4. The van der Waals surface area contributed by atoms with Crippen molar-refractivity contribution in [3.05, 3.63) is 76.8 Å². The van der Waals surface area contributed by atoms with Crippen LogP contribution < -0.4 is 20.3 Å². The number of nitrogens with one attached hydrogen (secondary N) is 2. The molecule has 1 aliphatic heterocycles. The Kier molecular flexibility index (Phi) is 5.09. The van der Waals surface area contributed by atoms with E-state index in [-0.39, 0.29) is 11.7 Å². The van der Waals surface area contributed by atoms with Gasteiger partial charge in [0.15, 0.2) is 17.1 Å². The molecule has 3 aromatic heterocycles. The first-order chi connectivity index (χ1) is 17.1. The molecule has 35 heavy (non-hydrogen) atoms. The summed E-state index contributed by atoms with van der Waals surface area (Å²) in [5, 5.41) is 11.5. The maximum absolute atomic E-state index is 13.5. The number of H-pyrrole nitrogens is 1. The standard InChI is InChI=1S/C26H24N6O3/c1-15(2)16-6-5-7-17(10-16)32-24-19(23-20(25(32)33)13-29-31-23)12-28-26(30-24)27-11-18-14-34-21-8-3-4-9-22(21)35-18/h3-10,12-13,15,18H,11,14H2,1-2H3,(H,29,31)(H,27,28,30). The summed E-state index contributed by atoms with van der Waals surface area (Å²) >= 11 is 0. The maximum atomic E-state index is 13.5. The highest BCUT2D eigenvalue weighted by Crippen LogP contribution is 2.31. The topological polar surface area (TPSA) is 107 Å². The van der Waals surface area contributed by atoms with E-state index in [1.165, 1.54) is 0 Å². The second kappa shape index (κ2) is 8.43. The highest BCUT2D eigenvalue weighted by molar-refractivity contribution is 6.02. The van der Waals surface area contributed by atoms with Crippen LogP contribution in [0.3, 0.4) is 0 Å². The monoisotopic (exact) mass is 468 g/mol. The Hall–Kier alpha value is -4.40. The molecule has 2 N–H and O–H groups in total. The fourth-order valence-electron chi connectivity index (χ4n) is 4.31. The highest BCUT2D eigenvalue weighted by Gasteiger charge is 2.21. The third-order valence-electron chi connectivity index (χ3n) is 6.17. The number of rotatable bonds is 5. The van der Waals surface area contributed by atoms with Crippen molar-refractivity contribution in [2.45, 2.75) is 25.9 Å². The molecule has 4 heterocycles. The molecule has 1 aliphatic rings. The number of ether oxygens (including phenoxy) is 2. The molecule has 5 aromatic rings. The van der Waals surface area contributed by atoms with Crippen molar-refractivity contribution in [2.24, 2.45) is 0 Å². The van der Waals surface area contributed by atoms with Crippen LogP contribution in [-0.2, 0) is 0 Å². The molecule has 1 atom stereocenters. The molecule has 1 unspecified atom stereocenters. The summed E-state index contributed by atoms with van der Waals surface area (Å²) in [7, 11) is 0. The minimum absolute atomic E-state index is 0.188. The minimum atomic E-state index is -0.204. The number of aromatic amines is 1. The van der Waals surface area contributed by atoms with E-state index in [9.17, 15) is 4.79 Å². The number of pyridine rings is 1. The summed E-state index contributed by atoms with van der Waals surface area (Å²) < 4.78 is 13.4. The number of para-hydroxylation sites is 2. The fourth-order valence-corrected chi connectivity index (χ4v) is 4.31. The van der Waals surface area contributed by atoms with E-state index in [2.05, 4.69) is 40.4 Å². The molecule has 176 valence electrons. The summed E-state index contributed by atoms with van der Waals surface area (Å²) in [6, 6.07) is 15.6. The molecule has 0 saturated heterocycles. The Morgan fingerprint density at radius 1 is 1.11 bits per heavy atom. The molecule has 0 bridgehead atoms. The lowest BCUT2D eigenvalue weighted by molar-refractivity contribution is 0.0996. The first kappa shape index (κ1) is 21.2. The molecule has 0 aliphatic carbocycles. The zero-order valence-electron chi connectivity index (χ0n) is 19.4. The molecule has 9 nitrogen and oxygen atoms in total. The van der Waals surface area contributed by atoms with Crippen molar-refractivity contribution in [3.63, 3.8) is 0 Å². The second-order valence-corrected chi connectivity index (χ2v) is 8.86. The van der Waals surface area contributed by atoms with Crippen LogP contribution in [0.2, 0.25) is 0 Å². The number of anilines is 1. The Bertz CT molecular complexity index is 1610. The average molecular weight is 469 g/mol. The quantitative estimate of drug-likeness (QED) is 0.401. The third kappa shape index (κ3) is 3.74. The summed E-state index contributed by atoms with van der Waals surface area (Å²) in [5.74, 6) is 2.17. The van der Waals surface area contributed by atoms with Crippen molar-refractivity contribution >= 4 is 27.9 Å². The number of benzene rings is 2. The van der Waals surface area contributed by atoms with E-state index in [0.29, 0.717) is 52.7 Å². The van der Waals surface area contributed by atoms with Crippen molar-refractivity contribution in [2.75, 3.05) is 18.5 Å². The normalized spacial score (nSPS) is 15.1. The van der Waals surface area contributed by atoms with Gasteiger partial charge in [-0.2, -0.15) is 10.1 Å². The molecule has 0 fully saturated rings.